The van der Waals surface area contributed by atoms with Crippen LogP contribution in [0, 0.1) is 0 Å². The Kier molecular flexibility index (Phi) is 9.29. The number of sulfonamides is 1. The van der Waals surface area contributed by atoms with Gasteiger partial charge in [0, 0.05) is 51.6 Å². The number of ether oxygens (including phenoxy) is 2. The van der Waals surface area contributed by atoms with Crippen LogP contribution in [-0.2, 0) is 14.8 Å². The van der Waals surface area contributed by atoms with Gasteiger partial charge in [-0.25, -0.2) is 23.1 Å². The van der Waals surface area contributed by atoms with Crippen molar-refractivity contribution in [3.63, 3.8) is 0 Å². The fourth-order valence-electron chi connectivity index (χ4n) is 3.99. The molecule has 0 radical (unpaired) electrons. The molecule has 0 atom stereocenters. The van der Waals surface area contributed by atoms with Crippen LogP contribution in [0.25, 0.3) is 0 Å². The van der Waals surface area contributed by atoms with Crippen molar-refractivity contribution in [3.8, 4) is 5.75 Å². The molecule has 2 aromatic carbocycles. The van der Waals surface area contributed by atoms with E-state index in [9.17, 15) is 8.42 Å². The third-order valence-corrected chi connectivity index (χ3v) is 7.54. The van der Waals surface area contributed by atoms with Gasteiger partial charge in [0.1, 0.15) is 23.6 Å². The Hall–Kier alpha value is -3.52. The number of likely N-dealkylation sites (N-methyl/N-ethyl adjacent to an activating group) is 1. The Labute approximate surface area is 223 Å². The third kappa shape index (κ3) is 7.07. The number of rotatable bonds is 12. The summed E-state index contributed by atoms with van der Waals surface area (Å²) in [6.07, 6.45) is 1.35. The first-order valence-corrected chi connectivity index (χ1v) is 13.9. The van der Waals surface area contributed by atoms with E-state index in [-0.39, 0.29) is 17.4 Å². The molecule has 3 aromatic rings. The van der Waals surface area contributed by atoms with Crippen molar-refractivity contribution in [2.75, 3.05) is 75.6 Å². The van der Waals surface area contributed by atoms with E-state index in [0.717, 1.165) is 43.3 Å². The molecule has 0 saturated carbocycles. The number of methoxy groups -OCH3 is 1. The van der Waals surface area contributed by atoms with E-state index in [2.05, 4.69) is 47.2 Å². The average Bonchev–Trinajstić information content (AvgIpc) is 2.90. The summed E-state index contributed by atoms with van der Waals surface area (Å²) in [7, 11) is 0.0853. The summed E-state index contributed by atoms with van der Waals surface area (Å²) < 4.78 is 38.9. The molecule has 0 spiro atoms. The molecular weight excluding hydrogens is 508 g/mol. The highest BCUT2D eigenvalue weighted by Gasteiger charge is 2.20. The van der Waals surface area contributed by atoms with Crippen LogP contribution in [-0.4, -0.2) is 88.4 Å². The number of nitrogens with one attached hydrogen (secondary N) is 3. The molecule has 0 amide bonds. The Morgan fingerprint density at radius 2 is 1.71 bits per heavy atom. The van der Waals surface area contributed by atoms with Crippen molar-refractivity contribution in [2.24, 2.45) is 0 Å². The van der Waals surface area contributed by atoms with Gasteiger partial charge in [0.25, 0.3) is 0 Å². The highest BCUT2D eigenvalue weighted by atomic mass is 32.2. The second-order valence-electron chi connectivity index (χ2n) is 8.69. The lowest BCUT2D eigenvalue weighted by Gasteiger charge is -2.35. The van der Waals surface area contributed by atoms with Gasteiger partial charge in [-0.1, -0.05) is 19.1 Å². The predicted molar refractivity (Wildman–Crippen MR) is 147 cm³/mol. The first-order chi connectivity index (χ1) is 18.4. The second kappa shape index (κ2) is 12.8. The van der Waals surface area contributed by atoms with Crippen LogP contribution in [0.2, 0.25) is 0 Å². The quantitative estimate of drug-likeness (QED) is 0.291. The summed E-state index contributed by atoms with van der Waals surface area (Å²) in [5.74, 6) is 1.24. The Balaban J connectivity index is 1.53. The largest absolute Gasteiger partial charge is 0.489 e. The Bertz CT molecular complexity index is 1320. The zero-order valence-electron chi connectivity index (χ0n) is 21.8. The molecule has 13 heteroatoms. The first kappa shape index (κ1) is 27.5. The first-order valence-electron chi connectivity index (χ1n) is 12.4. The maximum absolute atomic E-state index is 12.6. The fraction of sp³-hybridized carbons (Fsp3) is 0.400. The SMILES string of the molecule is CCNS(=O)(=O)c1ccccc1Nc1ncnc(Nc2ccc(N3CCN(C)CC3)c(OCCOC)c2)n1. The van der Waals surface area contributed by atoms with E-state index in [4.69, 9.17) is 9.47 Å². The van der Waals surface area contributed by atoms with E-state index in [0.29, 0.717) is 24.8 Å². The number of benzene rings is 2. The summed E-state index contributed by atoms with van der Waals surface area (Å²) in [6, 6.07) is 12.5. The molecule has 0 aliphatic carbocycles. The van der Waals surface area contributed by atoms with E-state index >= 15 is 0 Å². The molecule has 1 saturated heterocycles. The molecule has 0 bridgehead atoms. The van der Waals surface area contributed by atoms with E-state index in [1.165, 1.54) is 12.4 Å². The van der Waals surface area contributed by atoms with E-state index < -0.39 is 10.0 Å². The Morgan fingerprint density at radius 3 is 2.45 bits per heavy atom. The van der Waals surface area contributed by atoms with Crippen LogP contribution in [0.5, 0.6) is 5.75 Å². The van der Waals surface area contributed by atoms with Crippen LogP contribution in [0.15, 0.2) is 53.7 Å². The minimum absolute atomic E-state index is 0.106. The summed E-state index contributed by atoms with van der Waals surface area (Å²) in [6.45, 7) is 6.70. The lowest BCUT2D eigenvalue weighted by Crippen LogP contribution is -2.44. The molecule has 1 aliphatic heterocycles. The van der Waals surface area contributed by atoms with Gasteiger partial charge in [-0.3, -0.25) is 0 Å². The summed E-state index contributed by atoms with van der Waals surface area (Å²) in [4.78, 5) is 17.5. The maximum Gasteiger partial charge on any atom is 0.242 e. The van der Waals surface area contributed by atoms with Gasteiger partial charge in [0.15, 0.2) is 0 Å². The summed E-state index contributed by atoms with van der Waals surface area (Å²) in [5.41, 5.74) is 2.12. The van der Waals surface area contributed by atoms with Crippen LogP contribution in [0.3, 0.4) is 0 Å². The smallest absolute Gasteiger partial charge is 0.242 e. The molecule has 1 fully saturated rings. The predicted octanol–water partition coefficient (Wildman–Crippen LogP) is 2.43. The molecule has 4 rings (SSSR count). The summed E-state index contributed by atoms with van der Waals surface area (Å²) >= 11 is 0. The van der Waals surface area contributed by atoms with Crippen molar-refractivity contribution in [1.29, 1.82) is 0 Å². The maximum atomic E-state index is 12.6. The topological polar surface area (TPSA) is 134 Å². The van der Waals surface area contributed by atoms with Gasteiger partial charge in [-0.05, 0) is 31.3 Å². The van der Waals surface area contributed by atoms with Gasteiger partial charge >= 0.3 is 0 Å². The van der Waals surface area contributed by atoms with Crippen molar-refractivity contribution >= 4 is 39.0 Å². The highest BCUT2D eigenvalue weighted by Crippen LogP contribution is 2.33. The average molecular weight is 543 g/mol. The highest BCUT2D eigenvalue weighted by molar-refractivity contribution is 7.89. The molecule has 1 aliphatic rings. The lowest BCUT2D eigenvalue weighted by molar-refractivity contribution is 0.146. The van der Waals surface area contributed by atoms with Crippen molar-refractivity contribution in [1.82, 2.24) is 24.6 Å². The number of piperazine rings is 1. The van der Waals surface area contributed by atoms with Crippen molar-refractivity contribution in [3.05, 3.63) is 48.8 Å². The zero-order chi connectivity index (χ0) is 27.0. The number of hydrogen-bond acceptors (Lipinski definition) is 11. The van der Waals surface area contributed by atoms with Gasteiger partial charge in [0.2, 0.25) is 21.9 Å². The van der Waals surface area contributed by atoms with Crippen LogP contribution >= 0.6 is 0 Å². The second-order valence-corrected chi connectivity index (χ2v) is 10.4. The van der Waals surface area contributed by atoms with Gasteiger partial charge in [-0.2, -0.15) is 4.98 Å². The summed E-state index contributed by atoms with van der Waals surface area (Å²) in [5, 5.41) is 6.19. The fourth-order valence-corrected chi connectivity index (χ4v) is 5.19. The van der Waals surface area contributed by atoms with E-state index in [1.54, 1.807) is 32.2 Å². The minimum Gasteiger partial charge on any atom is -0.489 e. The third-order valence-electron chi connectivity index (χ3n) is 5.93. The van der Waals surface area contributed by atoms with Crippen LogP contribution in [0.1, 0.15) is 6.92 Å². The Morgan fingerprint density at radius 1 is 0.974 bits per heavy atom. The number of aromatic nitrogens is 3. The van der Waals surface area contributed by atoms with Gasteiger partial charge in [-0.15, -0.1) is 0 Å². The monoisotopic (exact) mass is 542 g/mol. The molecule has 2 heterocycles. The molecule has 1 aromatic heterocycles. The van der Waals surface area contributed by atoms with E-state index in [1.807, 2.05) is 18.2 Å². The standard InChI is InChI=1S/C25H34N8O4S/c1-4-28-38(34,35)23-8-6-5-7-20(23)30-25-27-18-26-24(31-25)29-19-9-10-21(22(17-19)37-16-15-36-3)33-13-11-32(2)12-14-33/h5-10,17-18,28H,4,11-16H2,1-3H3,(H2,26,27,29,30,31). The molecule has 38 heavy (non-hydrogen) atoms. The van der Waals surface area contributed by atoms with Crippen LogP contribution < -0.4 is 25.0 Å². The molecule has 3 N–H and O–H groups in total. The number of nitrogens with zero attached hydrogens (tertiary/aromatic N) is 5. The minimum atomic E-state index is -3.68. The number of para-hydroxylation sites is 1. The number of anilines is 5. The molecule has 12 nitrogen and oxygen atoms in total. The molecule has 0 unspecified atom stereocenters. The van der Waals surface area contributed by atoms with Crippen molar-refractivity contribution < 1.29 is 17.9 Å². The van der Waals surface area contributed by atoms with Crippen LogP contribution in [0.4, 0.5) is 29.0 Å². The lowest BCUT2D eigenvalue weighted by atomic mass is 10.2. The molecule has 204 valence electrons. The van der Waals surface area contributed by atoms with Gasteiger partial charge in [0.05, 0.1) is 18.0 Å². The van der Waals surface area contributed by atoms with Gasteiger partial charge < -0.3 is 29.9 Å². The molecular formula is C25H34N8O4S. The van der Waals surface area contributed by atoms with Crippen molar-refractivity contribution in [2.45, 2.75) is 11.8 Å². The zero-order valence-corrected chi connectivity index (χ0v) is 22.7. The number of hydrogen-bond donors (Lipinski definition) is 3. The normalized spacial score (nSPS) is 14.3.